The molecule has 2 nitrogen and oxygen atoms in total. The van der Waals surface area contributed by atoms with Gasteiger partial charge in [-0.15, -0.1) is 11.6 Å². The van der Waals surface area contributed by atoms with Crippen LogP contribution in [0.5, 0.6) is 0 Å². The summed E-state index contributed by atoms with van der Waals surface area (Å²) in [6, 6.07) is 0.549. The van der Waals surface area contributed by atoms with Crippen molar-refractivity contribution in [1.29, 1.82) is 0 Å². The Morgan fingerprint density at radius 2 is 2.50 bits per heavy atom. The number of nitrogens with zero attached hydrogens (tertiary/aromatic N) is 1. The van der Waals surface area contributed by atoms with Crippen LogP contribution >= 0.6 is 11.6 Å². The first kappa shape index (κ1) is 8.31. The summed E-state index contributed by atoms with van der Waals surface area (Å²) >= 11 is 5.62. The van der Waals surface area contributed by atoms with Crippen LogP contribution in [0.4, 0.5) is 0 Å². The Kier molecular flexibility index (Phi) is 3.46. The van der Waals surface area contributed by atoms with Gasteiger partial charge in [0, 0.05) is 25.0 Å². The average Bonchev–Trinajstić information content (AvgIpc) is 1.94. The summed E-state index contributed by atoms with van der Waals surface area (Å²) in [6.07, 6.45) is 0. The lowest BCUT2D eigenvalue weighted by molar-refractivity contribution is 0.00284. The summed E-state index contributed by atoms with van der Waals surface area (Å²) in [4.78, 5) is 2.36. The molecule has 1 rings (SSSR count). The molecule has 0 aromatic heterocycles. The molecule has 0 N–H and O–H groups in total. The molecule has 1 aliphatic heterocycles. The van der Waals surface area contributed by atoms with Crippen LogP contribution in [0.3, 0.4) is 0 Å². The smallest absolute Gasteiger partial charge is 0.0619 e. The normalized spacial score (nSPS) is 28.8. The second-order valence-electron chi connectivity index (χ2n) is 2.65. The Labute approximate surface area is 67.1 Å². The number of morpholine rings is 1. The van der Waals surface area contributed by atoms with Gasteiger partial charge in [0.15, 0.2) is 0 Å². The number of rotatable bonds is 2. The second-order valence-corrected chi connectivity index (χ2v) is 3.03. The van der Waals surface area contributed by atoms with Gasteiger partial charge in [0.25, 0.3) is 0 Å². The molecule has 60 valence electrons. The maximum atomic E-state index is 5.62. The molecule has 1 unspecified atom stereocenters. The van der Waals surface area contributed by atoms with Crippen molar-refractivity contribution < 1.29 is 4.74 Å². The van der Waals surface area contributed by atoms with Crippen LogP contribution in [-0.4, -0.2) is 43.1 Å². The fraction of sp³-hybridized carbons (Fsp3) is 1.00. The monoisotopic (exact) mass is 163 g/mol. The lowest BCUT2D eigenvalue weighted by Crippen LogP contribution is -2.44. The molecule has 0 spiro atoms. The molecule has 0 aromatic carbocycles. The van der Waals surface area contributed by atoms with Gasteiger partial charge in [0.2, 0.25) is 0 Å². The van der Waals surface area contributed by atoms with Crippen molar-refractivity contribution >= 4 is 11.6 Å². The van der Waals surface area contributed by atoms with Crippen molar-refractivity contribution in [2.24, 2.45) is 0 Å². The molecule has 1 fully saturated rings. The van der Waals surface area contributed by atoms with Gasteiger partial charge in [0.1, 0.15) is 0 Å². The van der Waals surface area contributed by atoms with Gasteiger partial charge in [-0.25, -0.2) is 0 Å². The van der Waals surface area contributed by atoms with E-state index in [0.717, 1.165) is 32.2 Å². The minimum Gasteiger partial charge on any atom is -0.379 e. The molecular formula is C7H14ClNO. The molecule has 0 radical (unpaired) electrons. The minimum absolute atomic E-state index is 0.549. The zero-order chi connectivity index (χ0) is 7.40. The van der Waals surface area contributed by atoms with Crippen molar-refractivity contribution in [2.75, 3.05) is 32.2 Å². The van der Waals surface area contributed by atoms with Crippen molar-refractivity contribution in [3.05, 3.63) is 0 Å². The Morgan fingerprint density at radius 3 is 3.10 bits per heavy atom. The van der Waals surface area contributed by atoms with Gasteiger partial charge in [0.05, 0.1) is 13.2 Å². The molecule has 0 saturated carbocycles. The van der Waals surface area contributed by atoms with E-state index in [1.165, 1.54) is 0 Å². The van der Waals surface area contributed by atoms with Gasteiger partial charge >= 0.3 is 0 Å². The van der Waals surface area contributed by atoms with E-state index in [2.05, 4.69) is 11.8 Å². The number of hydrogen-bond donors (Lipinski definition) is 0. The van der Waals surface area contributed by atoms with Crippen LogP contribution in [0.25, 0.3) is 0 Å². The van der Waals surface area contributed by atoms with Crippen LogP contribution in [0.2, 0.25) is 0 Å². The van der Waals surface area contributed by atoms with Gasteiger partial charge in [-0.3, -0.25) is 4.90 Å². The van der Waals surface area contributed by atoms with Crippen LogP contribution < -0.4 is 0 Å². The zero-order valence-electron chi connectivity index (χ0n) is 6.35. The molecule has 1 atom stereocenters. The van der Waals surface area contributed by atoms with E-state index in [1.54, 1.807) is 0 Å². The molecule has 10 heavy (non-hydrogen) atoms. The summed E-state index contributed by atoms with van der Waals surface area (Å²) in [7, 11) is 0. The summed E-state index contributed by atoms with van der Waals surface area (Å²) < 4.78 is 5.27. The third-order valence-corrected chi connectivity index (χ3v) is 2.05. The predicted octanol–water partition coefficient (Wildman–Crippen LogP) is 0.946. The summed E-state index contributed by atoms with van der Waals surface area (Å²) in [5.74, 6) is 0.727. The molecule has 0 bridgehead atoms. The molecule has 3 heteroatoms. The Bertz CT molecular complexity index is 97.6. The summed E-state index contributed by atoms with van der Waals surface area (Å²) in [5, 5.41) is 0. The first-order valence-electron chi connectivity index (χ1n) is 3.72. The maximum absolute atomic E-state index is 5.62. The van der Waals surface area contributed by atoms with Crippen molar-refractivity contribution in [1.82, 2.24) is 4.90 Å². The number of alkyl halides is 1. The predicted molar refractivity (Wildman–Crippen MR) is 42.6 cm³/mol. The van der Waals surface area contributed by atoms with Gasteiger partial charge in [-0.1, -0.05) is 0 Å². The highest BCUT2D eigenvalue weighted by molar-refractivity contribution is 6.18. The van der Waals surface area contributed by atoms with Crippen LogP contribution in [0.1, 0.15) is 6.92 Å². The Morgan fingerprint density at radius 1 is 1.70 bits per heavy atom. The lowest BCUT2D eigenvalue weighted by atomic mass is 10.2. The third-order valence-electron chi connectivity index (χ3n) is 1.88. The Balaban J connectivity index is 2.25. The van der Waals surface area contributed by atoms with Crippen molar-refractivity contribution in [2.45, 2.75) is 13.0 Å². The van der Waals surface area contributed by atoms with E-state index in [4.69, 9.17) is 16.3 Å². The molecule has 0 amide bonds. The highest BCUT2D eigenvalue weighted by Gasteiger charge is 2.16. The molecule has 0 aliphatic carbocycles. The highest BCUT2D eigenvalue weighted by atomic mass is 35.5. The quantitative estimate of drug-likeness (QED) is 0.562. The molecule has 1 heterocycles. The molecule has 1 aliphatic rings. The largest absolute Gasteiger partial charge is 0.379 e. The van der Waals surface area contributed by atoms with E-state index >= 15 is 0 Å². The molecular weight excluding hydrogens is 150 g/mol. The number of ether oxygens (including phenoxy) is 1. The van der Waals surface area contributed by atoms with E-state index in [1.807, 2.05) is 0 Å². The van der Waals surface area contributed by atoms with Crippen LogP contribution in [0, 0.1) is 0 Å². The highest BCUT2D eigenvalue weighted by Crippen LogP contribution is 2.04. The maximum Gasteiger partial charge on any atom is 0.0619 e. The topological polar surface area (TPSA) is 12.5 Å². The first-order chi connectivity index (χ1) is 4.84. The summed E-state index contributed by atoms with van der Waals surface area (Å²) in [5.41, 5.74) is 0. The van der Waals surface area contributed by atoms with E-state index in [0.29, 0.717) is 6.04 Å². The average molecular weight is 164 g/mol. The fourth-order valence-corrected chi connectivity index (χ4v) is 1.42. The Hall–Kier alpha value is 0.210. The van der Waals surface area contributed by atoms with Gasteiger partial charge < -0.3 is 4.74 Å². The van der Waals surface area contributed by atoms with Crippen molar-refractivity contribution in [3.8, 4) is 0 Å². The third kappa shape index (κ3) is 2.11. The zero-order valence-corrected chi connectivity index (χ0v) is 7.10. The molecule has 0 aromatic rings. The second kappa shape index (κ2) is 4.16. The van der Waals surface area contributed by atoms with Crippen molar-refractivity contribution in [3.63, 3.8) is 0 Å². The van der Waals surface area contributed by atoms with E-state index < -0.39 is 0 Å². The first-order valence-corrected chi connectivity index (χ1v) is 4.26. The SMILES string of the molecule is CC1COCCN1CCCl. The summed E-state index contributed by atoms with van der Waals surface area (Å²) in [6.45, 7) is 5.92. The fourth-order valence-electron chi connectivity index (χ4n) is 1.20. The standard InChI is InChI=1S/C7H14ClNO/c1-7-6-10-5-4-9(7)3-2-8/h7H,2-6H2,1H3. The van der Waals surface area contributed by atoms with E-state index in [-0.39, 0.29) is 0 Å². The van der Waals surface area contributed by atoms with Gasteiger partial charge in [-0.05, 0) is 6.92 Å². The van der Waals surface area contributed by atoms with Crippen LogP contribution in [0.15, 0.2) is 0 Å². The lowest BCUT2D eigenvalue weighted by Gasteiger charge is -2.32. The number of halogens is 1. The number of hydrogen-bond acceptors (Lipinski definition) is 2. The molecule has 1 saturated heterocycles. The van der Waals surface area contributed by atoms with E-state index in [9.17, 15) is 0 Å². The van der Waals surface area contributed by atoms with Crippen LogP contribution in [-0.2, 0) is 4.74 Å². The van der Waals surface area contributed by atoms with Gasteiger partial charge in [-0.2, -0.15) is 0 Å². The minimum atomic E-state index is 0.549.